The maximum atomic E-state index is 12.7. The Kier molecular flexibility index (Phi) is 7.30. The summed E-state index contributed by atoms with van der Waals surface area (Å²) in [6.07, 6.45) is 8.64. The Labute approximate surface area is 167 Å². The molecule has 156 valence electrons. The third kappa shape index (κ3) is 5.47. The zero-order valence-corrected chi connectivity index (χ0v) is 17.2. The van der Waals surface area contributed by atoms with Crippen LogP contribution in [0.15, 0.2) is 6.20 Å². The Bertz CT molecular complexity index is 661. The average Bonchev–Trinajstić information content (AvgIpc) is 3.09. The number of carbonyl (C=O) groups is 2. The zero-order chi connectivity index (χ0) is 19.9. The summed E-state index contributed by atoms with van der Waals surface area (Å²) in [4.78, 5) is 29.0. The first kappa shape index (κ1) is 20.6. The second-order valence-corrected chi connectivity index (χ2v) is 7.92. The molecule has 2 amide bonds. The van der Waals surface area contributed by atoms with Crippen LogP contribution in [0.1, 0.15) is 48.9 Å². The van der Waals surface area contributed by atoms with Crippen molar-refractivity contribution in [3.63, 3.8) is 0 Å². The smallest absolute Gasteiger partial charge is 0.261 e. The van der Waals surface area contributed by atoms with E-state index in [0.29, 0.717) is 43.4 Å². The fourth-order valence-electron chi connectivity index (χ4n) is 4.19. The zero-order valence-electron chi connectivity index (χ0n) is 17.2. The summed E-state index contributed by atoms with van der Waals surface area (Å²) in [5, 5.41) is 7.22. The summed E-state index contributed by atoms with van der Waals surface area (Å²) in [6.45, 7) is 4.48. The summed E-state index contributed by atoms with van der Waals surface area (Å²) in [7, 11) is 3.30. The standard InChI is InChI=1S/C20H33N5O3/c1-23-15-17(19(22-23)28-2)20(27)25-12-10-24(11-13-25)9-8-21-18(26)14-16-6-4-3-5-7-16/h15-16H,3-14H2,1-2H3,(H,21,26). The van der Waals surface area contributed by atoms with Crippen molar-refractivity contribution in [2.45, 2.75) is 38.5 Å². The highest BCUT2D eigenvalue weighted by molar-refractivity contribution is 5.96. The molecular formula is C20H33N5O3. The second kappa shape index (κ2) is 9.91. The predicted molar refractivity (Wildman–Crippen MR) is 106 cm³/mol. The molecule has 0 atom stereocenters. The van der Waals surface area contributed by atoms with Gasteiger partial charge in [-0.15, -0.1) is 5.10 Å². The van der Waals surface area contributed by atoms with Crippen LogP contribution in [0.3, 0.4) is 0 Å². The number of ether oxygens (including phenoxy) is 1. The molecule has 3 rings (SSSR count). The molecule has 8 nitrogen and oxygen atoms in total. The van der Waals surface area contributed by atoms with Crippen molar-refractivity contribution >= 4 is 11.8 Å². The van der Waals surface area contributed by atoms with Crippen molar-refractivity contribution in [3.05, 3.63) is 11.8 Å². The van der Waals surface area contributed by atoms with Gasteiger partial charge in [0.15, 0.2) is 0 Å². The SMILES string of the molecule is COc1nn(C)cc1C(=O)N1CCN(CCNC(=O)CC2CCCCC2)CC1. The molecule has 2 fully saturated rings. The van der Waals surface area contributed by atoms with E-state index in [4.69, 9.17) is 4.74 Å². The van der Waals surface area contributed by atoms with E-state index in [1.165, 1.54) is 39.2 Å². The molecule has 8 heteroatoms. The lowest BCUT2D eigenvalue weighted by Gasteiger charge is -2.34. The minimum atomic E-state index is -0.0367. The molecule has 28 heavy (non-hydrogen) atoms. The maximum absolute atomic E-state index is 12.7. The van der Waals surface area contributed by atoms with Gasteiger partial charge >= 0.3 is 0 Å². The van der Waals surface area contributed by atoms with Crippen molar-refractivity contribution in [2.75, 3.05) is 46.4 Å². The van der Waals surface area contributed by atoms with E-state index in [1.807, 2.05) is 4.90 Å². The maximum Gasteiger partial charge on any atom is 0.261 e. The number of nitrogens with one attached hydrogen (secondary N) is 1. The van der Waals surface area contributed by atoms with Gasteiger partial charge in [-0.3, -0.25) is 19.2 Å². The average molecular weight is 392 g/mol. The first-order chi connectivity index (χ1) is 13.6. The van der Waals surface area contributed by atoms with Gasteiger partial charge in [0.25, 0.3) is 5.91 Å². The van der Waals surface area contributed by atoms with Gasteiger partial charge < -0.3 is 15.0 Å². The number of rotatable bonds is 7. The van der Waals surface area contributed by atoms with Crippen molar-refractivity contribution in [2.24, 2.45) is 13.0 Å². The van der Waals surface area contributed by atoms with Crippen LogP contribution in [0.4, 0.5) is 0 Å². The van der Waals surface area contributed by atoms with E-state index in [-0.39, 0.29) is 11.8 Å². The fraction of sp³-hybridized carbons (Fsp3) is 0.750. The highest BCUT2D eigenvalue weighted by Crippen LogP contribution is 2.26. The molecule has 1 saturated carbocycles. The van der Waals surface area contributed by atoms with E-state index in [1.54, 1.807) is 17.9 Å². The summed E-state index contributed by atoms with van der Waals surface area (Å²) in [5.41, 5.74) is 0.508. The molecule has 0 radical (unpaired) electrons. The van der Waals surface area contributed by atoms with Gasteiger partial charge in [-0.25, -0.2) is 0 Å². The molecule has 1 aromatic rings. The van der Waals surface area contributed by atoms with Crippen molar-refractivity contribution in [1.82, 2.24) is 24.9 Å². The van der Waals surface area contributed by atoms with E-state index < -0.39 is 0 Å². The van der Waals surface area contributed by atoms with Gasteiger partial charge in [0.05, 0.1) is 7.11 Å². The topological polar surface area (TPSA) is 79.7 Å². The minimum Gasteiger partial charge on any atom is -0.479 e. The van der Waals surface area contributed by atoms with Crippen LogP contribution >= 0.6 is 0 Å². The number of nitrogens with zero attached hydrogens (tertiary/aromatic N) is 4. The van der Waals surface area contributed by atoms with Crippen LogP contribution in [-0.2, 0) is 11.8 Å². The van der Waals surface area contributed by atoms with Gasteiger partial charge in [-0.05, 0) is 18.8 Å². The number of aryl methyl sites for hydroxylation is 1. The minimum absolute atomic E-state index is 0.0367. The number of amides is 2. The molecule has 1 saturated heterocycles. The van der Waals surface area contributed by atoms with E-state index in [9.17, 15) is 9.59 Å². The summed E-state index contributed by atoms with van der Waals surface area (Å²) in [6, 6.07) is 0. The molecule has 0 aromatic carbocycles. The number of carbonyl (C=O) groups excluding carboxylic acids is 2. The molecule has 1 aliphatic carbocycles. The lowest BCUT2D eigenvalue weighted by atomic mass is 9.87. The molecule has 1 aliphatic heterocycles. The largest absolute Gasteiger partial charge is 0.479 e. The van der Waals surface area contributed by atoms with Crippen molar-refractivity contribution < 1.29 is 14.3 Å². The second-order valence-electron chi connectivity index (χ2n) is 7.92. The fourth-order valence-corrected chi connectivity index (χ4v) is 4.19. The van der Waals surface area contributed by atoms with Crippen LogP contribution in [0.2, 0.25) is 0 Å². The predicted octanol–water partition coefficient (Wildman–Crippen LogP) is 1.27. The van der Waals surface area contributed by atoms with Crippen LogP contribution in [-0.4, -0.2) is 77.8 Å². The lowest BCUT2D eigenvalue weighted by molar-refractivity contribution is -0.122. The molecule has 2 aliphatic rings. The van der Waals surface area contributed by atoms with Gasteiger partial charge in [0, 0.05) is 58.9 Å². The van der Waals surface area contributed by atoms with Gasteiger partial charge in [-0.1, -0.05) is 19.3 Å². The summed E-state index contributed by atoms with van der Waals surface area (Å²) in [5.74, 6) is 1.10. The number of hydrogen-bond acceptors (Lipinski definition) is 5. The van der Waals surface area contributed by atoms with Crippen LogP contribution in [0.25, 0.3) is 0 Å². The van der Waals surface area contributed by atoms with Crippen molar-refractivity contribution in [3.8, 4) is 5.88 Å². The van der Waals surface area contributed by atoms with Gasteiger partial charge in [-0.2, -0.15) is 0 Å². The quantitative estimate of drug-likeness (QED) is 0.757. The van der Waals surface area contributed by atoms with E-state index >= 15 is 0 Å². The Morgan fingerprint density at radius 3 is 2.57 bits per heavy atom. The Morgan fingerprint density at radius 2 is 1.89 bits per heavy atom. The molecule has 1 aromatic heterocycles. The first-order valence-corrected chi connectivity index (χ1v) is 10.4. The normalized spacial score (nSPS) is 18.9. The molecule has 0 unspecified atom stereocenters. The van der Waals surface area contributed by atoms with Crippen LogP contribution < -0.4 is 10.1 Å². The van der Waals surface area contributed by atoms with Crippen LogP contribution in [0.5, 0.6) is 5.88 Å². The number of hydrogen-bond donors (Lipinski definition) is 1. The molecule has 2 heterocycles. The number of aromatic nitrogens is 2. The lowest BCUT2D eigenvalue weighted by Crippen LogP contribution is -2.50. The van der Waals surface area contributed by atoms with Gasteiger partial charge in [0.2, 0.25) is 11.8 Å². The van der Waals surface area contributed by atoms with Gasteiger partial charge in [0.1, 0.15) is 5.56 Å². The van der Waals surface area contributed by atoms with Crippen LogP contribution in [0, 0.1) is 5.92 Å². The summed E-state index contributed by atoms with van der Waals surface area (Å²) >= 11 is 0. The third-order valence-electron chi connectivity index (χ3n) is 5.83. The molecule has 1 N–H and O–H groups in total. The van der Waals surface area contributed by atoms with Crippen molar-refractivity contribution in [1.29, 1.82) is 0 Å². The van der Waals surface area contributed by atoms with E-state index in [2.05, 4.69) is 15.3 Å². The Hall–Kier alpha value is -2.09. The Balaban J connectivity index is 1.36. The molecular weight excluding hydrogens is 358 g/mol. The first-order valence-electron chi connectivity index (χ1n) is 10.4. The number of methoxy groups -OCH3 is 1. The highest BCUT2D eigenvalue weighted by atomic mass is 16.5. The third-order valence-corrected chi connectivity index (χ3v) is 5.83. The molecule has 0 spiro atoms. The number of piperazine rings is 1. The highest BCUT2D eigenvalue weighted by Gasteiger charge is 2.26. The Morgan fingerprint density at radius 1 is 1.18 bits per heavy atom. The van der Waals surface area contributed by atoms with E-state index in [0.717, 1.165) is 19.6 Å². The molecule has 0 bridgehead atoms. The summed E-state index contributed by atoms with van der Waals surface area (Å²) < 4.78 is 6.79. The monoisotopic (exact) mass is 391 g/mol.